The summed E-state index contributed by atoms with van der Waals surface area (Å²) in [7, 11) is 1.25. The maximum atomic E-state index is 13.0. The van der Waals surface area contributed by atoms with E-state index in [9.17, 15) is 14.4 Å². The van der Waals surface area contributed by atoms with Crippen LogP contribution in [0.5, 0.6) is 0 Å². The van der Waals surface area contributed by atoms with Crippen LogP contribution in [-0.2, 0) is 33.8 Å². The van der Waals surface area contributed by atoms with Crippen LogP contribution in [-0.4, -0.2) is 25.1 Å². The van der Waals surface area contributed by atoms with Gasteiger partial charge in [0.15, 0.2) is 0 Å². The quantitative estimate of drug-likeness (QED) is 0.265. The van der Waals surface area contributed by atoms with Crippen LogP contribution >= 0.6 is 0 Å². The molecule has 3 rings (SSSR count). The number of ether oxygens (including phenoxy) is 3. The molecule has 0 aliphatic rings. The molecule has 0 atom stereocenters. The molecule has 174 valence electrons. The summed E-state index contributed by atoms with van der Waals surface area (Å²) < 4.78 is 15.6. The molecular formula is C27H25NO6. The summed E-state index contributed by atoms with van der Waals surface area (Å²) >= 11 is 0. The predicted molar refractivity (Wildman–Crippen MR) is 127 cm³/mol. The van der Waals surface area contributed by atoms with Crippen LogP contribution in [0.25, 0.3) is 0 Å². The minimum absolute atomic E-state index is 0.0405. The van der Waals surface area contributed by atoms with Gasteiger partial charge < -0.3 is 14.2 Å². The predicted octanol–water partition coefficient (Wildman–Crippen LogP) is 5.31. The molecule has 7 nitrogen and oxygen atoms in total. The summed E-state index contributed by atoms with van der Waals surface area (Å²) in [5, 5.41) is 2.55. The van der Waals surface area contributed by atoms with Crippen LogP contribution in [0.15, 0.2) is 85.5 Å². The topological polar surface area (TPSA) is 90.9 Å². The Hall–Kier alpha value is -4.39. The molecule has 3 aromatic rings. The van der Waals surface area contributed by atoms with E-state index in [0.29, 0.717) is 12.0 Å². The van der Waals surface area contributed by atoms with Crippen molar-refractivity contribution < 1.29 is 28.6 Å². The Labute approximate surface area is 198 Å². The molecule has 0 aliphatic carbocycles. The normalized spacial score (nSPS) is 10.1. The summed E-state index contributed by atoms with van der Waals surface area (Å²) in [4.78, 5) is 37.8. The number of benzene rings is 3. The van der Waals surface area contributed by atoms with Crippen LogP contribution in [0.3, 0.4) is 0 Å². The van der Waals surface area contributed by atoms with E-state index in [0.717, 1.165) is 11.1 Å². The second-order valence-corrected chi connectivity index (χ2v) is 7.29. The first-order valence-electron chi connectivity index (χ1n) is 10.6. The molecule has 0 bridgehead atoms. The third-order valence-electron chi connectivity index (χ3n) is 4.90. The van der Waals surface area contributed by atoms with Gasteiger partial charge in [0.05, 0.1) is 23.9 Å². The second-order valence-electron chi connectivity index (χ2n) is 7.29. The minimum atomic E-state index is -0.784. The van der Waals surface area contributed by atoms with Crippen LogP contribution < -0.4 is 5.32 Å². The van der Waals surface area contributed by atoms with Gasteiger partial charge in [-0.3, -0.25) is 5.32 Å². The lowest BCUT2D eigenvalue weighted by molar-refractivity contribution is 0.0472. The molecule has 0 spiro atoms. The highest BCUT2D eigenvalue weighted by molar-refractivity contribution is 6.03. The molecule has 3 aromatic carbocycles. The minimum Gasteiger partial charge on any atom is -0.465 e. The lowest BCUT2D eigenvalue weighted by atomic mass is 9.99. The maximum Gasteiger partial charge on any atom is 0.411 e. The van der Waals surface area contributed by atoms with Crippen LogP contribution in [0, 0.1) is 0 Å². The molecule has 0 aromatic heterocycles. The molecule has 1 N–H and O–H groups in total. The zero-order valence-electron chi connectivity index (χ0n) is 18.8. The van der Waals surface area contributed by atoms with Gasteiger partial charge in [-0.25, -0.2) is 14.4 Å². The number of carbonyl (C=O) groups excluding carboxylic acids is 3. The van der Waals surface area contributed by atoms with Crippen LogP contribution in [0.1, 0.15) is 37.4 Å². The van der Waals surface area contributed by atoms with Crippen LogP contribution in [0.4, 0.5) is 10.5 Å². The van der Waals surface area contributed by atoms with Gasteiger partial charge >= 0.3 is 18.0 Å². The Kier molecular flexibility index (Phi) is 8.57. The first-order valence-corrected chi connectivity index (χ1v) is 10.6. The highest BCUT2D eigenvalue weighted by Gasteiger charge is 2.22. The Bertz CT molecular complexity index is 1160. The molecule has 0 unspecified atom stereocenters. The summed E-state index contributed by atoms with van der Waals surface area (Å²) in [5.41, 5.74) is 2.47. The fourth-order valence-electron chi connectivity index (χ4n) is 3.21. The highest BCUT2D eigenvalue weighted by atomic mass is 16.5. The molecule has 0 radical (unpaired) electrons. The van der Waals surface area contributed by atoms with Crippen molar-refractivity contribution >= 4 is 23.7 Å². The molecule has 0 heterocycles. The number of nitrogens with one attached hydrogen (secondary N) is 1. The first-order chi connectivity index (χ1) is 16.5. The number of anilines is 1. The Morgan fingerprint density at radius 1 is 0.824 bits per heavy atom. The number of hydrogen-bond donors (Lipinski definition) is 1. The van der Waals surface area contributed by atoms with E-state index in [4.69, 9.17) is 14.2 Å². The van der Waals surface area contributed by atoms with Crippen molar-refractivity contribution in [3.05, 3.63) is 113 Å². The zero-order chi connectivity index (χ0) is 24.3. The van der Waals surface area contributed by atoms with E-state index in [1.165, 1.54) is 19.2 Å². The molecular weight excluding hydrogens is 434 g/mol. The number of esters is 2. The van der Waals surface area contributed by atoms with Gasteiger partial charge in [0.25, 0.3) is 0 Å². The summed E-state index contributed by atoms with van der Waals surface area (Å²) in [6.45, 7) is 3.79. The van der Waals surface area contributed by atoms with E-state index in [1.54, 1.807) is 6.08 Å². The maximum absolute atomic E-state index is 13.0. The lowest BCUT2D eigenvalue weighted by Gasteiger charge is -2.15. The number of hydrogen-bond acceptors (Lipinski definition) is 6. The zero-order valence-corrected chi connectivity index (χ0v) is 18.8. The van der Waals surface area contributed by atoms with Crippen LogP contribution in [0.2, 0.25) is 0 Å². The standard InChI is InChI=1S/C27H25NO6/c1-3-10-21-15-23(26(30)33-17-19-11-6-4-7-12-19)24(16-22(21)25(29)32-2)28-27(31)34-18-20-13-8-5-9-14-20/h3-9,11-16H,1,10,17-18H2,2H3,(H,28,31). The number of methoxy groups -OCH3 is 1. The third-order valence-corrected chi connectivity index (χ3v) is 4.90. The number of allylic oxidation sites excluding steroid dienone is 1. The summed E-state index contributed by atoms with van der Waals surface area (Å²) in [6.07, 6.45) is 1.12. The highest BCUT2D eigenvalue weighted by Crippen LogP contribution is 2.25. The second kappa shape index (κ2) is 12.0. The largest absolute Gasteiger partial charge is 0.465 e. The third kappa shape index (κ3) is 6.56. The van der Waals surface area contributed by atoms with Crippen molar-refractivity contribution in [1.29, 1.82) is 0 Å². The Morgan fingerprint density at radius 3 is 1.97 bits per heavy atom. The molecule has 0 fully saturated rings. The summed E-state index contributed by atoms with van der Waals surface area (Å²) in [6, 6.07) is 21.2. The Morgan fingerprint density at radius 2 is 1.41 bits per heavy atom. The van der Waals surface area contributed by atoms with Gasteiger partial charge in [0.2, 0.25) is 0 Å². The fourth-order valence-corrected chi connectivity index (χ4v) is 3.21. The van der Waals surface area contributed by atoms with Crippen molar-refractivity contribution in [3.8, 4) is 0 Å². The average Bonchev–Trinajstić information content (AvgIpc) is 2.87. The van der Waals surface area contributed by atoms with Crippen molar-refractivity contribution in [1.82, 2.24) is 0 Å². The molecule has 0 saturated carbocycles. The van der Waals surface area contributed by atoms with Crippen molar-refractivity contribution in [2.45, 2.75) is 19.6 Å². The van der Waals surface area contributed by atoms with E-state index in [-0.39, 0.29) is 30.0 Å². The average molecular weight is 459 g/mol. The van der Waals surface area contributed by atoms with E-state index >= 15 is 0 Å². The van der Waals surface area contributed by atoms with Gasteiger partial charge in [-0.2, -0.15) is 0 Å². The van der Waals surface area contributed by atoms with Gasteiger partial charge in [0, 0.05) is 0 Å². The smallest absolute Gasteiger partial charge is 0.411 e. The SMILES string of the molecule is C=CCc1cc(C(=O)OCc2ccccc2)c(NC(=O)OCc2ccccc2)cc1C(=O)OC. The summed E-state index contributed by atoms with van der Waals surface area (Å²) in [5.74, 6) is -1.27. The molecule has 34 heavy (non-hydrogen) atoms. The van der Waals surface area contributed by atoms with Crippen molar-refractivity contribution in [3.63, 3.8) is 0 Å². The van der Waals surface area contributed by atoms with Crippen molar-refractivity contribution in [2.75, 3.05) is 12.4 Å². The molecule has 1 amide bonds. The lowest BCUT2D eigenvalue weighted by Crippen LogP contribution is -2.19. The van der Waals surface area contributed by atoms with Gasteiger partial charge in [0.1, 0.15) is 13.2 Å². The fraction of sp³-hybridized carbons (Fsp3) is 0.148. The number of amides is 1. The molecule has 7 heteroatoms. The van der Waals surface area contributed by atoms with Gasteiger partial charge in [-0.1, -0.05) is 66.7 Å². The van der Waals surface area contributed by atoms with Gasteiger partial charge in [-0.15, -0.1) is 6.58 Å². The number of rotatable bonds is 9. The van der Waals surface area contributed by atoms with E-state index in [2.05, 4.69) is 11.9 Å². The van der Waals surface area contributed by atoms with Crippen molar-refractivity contribution in [2.24, 2.45) is 0 Å². The first kappa shape index (κ1) is 24.3. The van der Waals surface area contributed by atoms with Gasteiger partial charge in [-0.05, 0) is 35.2 Å². The van der Waals surface area contributed by atoms with E-state index < -0.39 is 18.0 Å². The Balaban J connectivity index is 1.86. The molecule has 0 saturated heterocycles. The number of carbonyl (C=O) groups is 3. The molecule has 0 aliphatic heterocycles. The van der Waals surface area contributed by atoms with E-state index in [1.807, 2.05) is 60.7 Å². The monoisotopic (exact) mass is 459 g/mol.